The molecule has 0 saturated heterocycles. The molecule has 0 atom stereocenters. The lowest BCUT2D eigenvalue weighted by molar-refractivity contribution is -0.144. The zero-order valence-corrected chi connectivity index (χ0v) is 23.1. The van der Waals surface area contributed by atoms with E-state index in [-0.39, 0.29) is 42.7 Å². The highest BCUT2D eigenvalue weighted by atomic mass is 16.5. The fraction of sp³-hybridized carbons (Fsp3) is 0.250. The number of hydrogen-bond donors (Lipinski definition) is 0. The molecule has 0 bridgehead atoms. The SMILES string of the molecule is C=C(C)C(=O)OCC(CCOc1ccc(C(=O)C=Cc2ccc(OC(=O)C(=C)C)cc2)cc1)COC(=O)C(=C)C. The maximum atomic E-state index is 12.6. The predicted octanol–water partition coefficient (Wildman–Crippen LogP) is 5.69. The first-order valence-electron chi connectivity index (χ1n) is 12.5. The molecule has 8 heteroatoms. The second-order valence-electron chi connectivity index (χ2n) is 9.22. The van der Waals surface area contributed by atoms with Crippen LogP contribution >= 0.6 is 0 Å². The maximum Gasteiger partial charge on any atom is 0.338 e. The van der Waals surface area contributed by atoms with Crippen LogP contribution in [0.25, 0.3) is 6.08 Å². The summed E-state index contributed by atoms with van der Waals surface area (Å²) in [5, 5.41) is 0. The van der Waals surface area contributed by atoms with Crippen molar-refractivity contribution in [3.05, 3.63) is 102 Å². The smallest absolute Gasteiger partial charge is 0.338 e. The van der Waals surface area contributed by atoms with E-state index in [1.807, 2.05) is 0 Å². The van der Waals surface area contributed by atoms with Crippen LogP contribution in [0.3, 0.4) is 0 Å². The van der Waals surface area contributed by atoms with Gasteiger partial charge in [0, 0.05) is 28.2 Å². The normalized spacial score (nSPS) is 10.6. The number of esters is 3. The summed E-state index contributed by atoms with van der Waals surface area (Å²) in [6, 6.07) is 13.4. The monoisotopic (exact) mass is 546 g/mol. The third-order valence-electron chi connectivity index (χ3n) is 5.40. The van der Waals surface area contributed by atoms with Crippen LogP contribution in [0, 0.1) is 5.92 Å². The van der Waals surface area contributed by atoms with Gasteiger partial charge < -0.3 is 18.9 Å². The quantitative estimate of drug-likeness (QED) is 0.121. The zero-order valence-electron chi connectivity index (χ0n) is 23.1. The Labute approximate surface area is 234 Å². The van der Waals surface area contributed by atoms with Crippen molar-refractivity contribution in [1.82, 2.24) is 0 Å². The molecule has 8 nitrogen and oxygen atoms in total. The third-order valence-corrected chi connectivity index (χ3v) is 5.40. The Morgan fingerprint density at radius 2 is 1.23 bits per heavy atom. The number of ketones is 1. The number of ether oxygens (including phenoxy) is 4. The van der Waals surface area contributed by atoms with Gasteiger partial charge in [0.15, 0.2) is 5.78 Å². The van der Waals surface area contributed by atoms with Gasteiger partial charge in [-0.25, -0.2) is 14.4 Å². The largest absolute Gasteiger partial charge is 0.494 e. The summed E-state index contributed by atoms with van der Waals surface area (Å²) in [6.45, 7) is 15.7. The molecule has 2 aromatic rings. The van der Waals surface area contributed by atoms with Gasteiger partial charge in [-0.3, -0.25) is 4.79 Å². The number of hydrogen-bond acceptors (Lipinski definition) is 8. The lowest BCUT2D eigenvalue weighted by Gasteiger charge is -2.17. The van der Waals surface area contributed by atoms with Crippen molar-refractivity contribution in [1.29, 1.82) is 0 Å². The Kier molecular flexibility index (Phi) is 12.3. The van der Waals surface area contributed by atoms with Crippen molar-refractivity contribution in [3.63, 3.8) is 0 Å². The van der Waals surface area contributed by atoms with Crippen molar-refractivity contribution >= 4 is 29.8 Å². The van der Waals surface area contributed by atoms with E-state index in [9.17, 15) is 19.2 Å². The second kappa shape index (κ2) is 15.6. The zero-order chi connectivity index (χ0) is 29.7. The number of benzene rings is 2. The molecule has 0 N–H and O–H groups in total. The number of carbonyl (C=O) groups excluding carboxylic acids is 4. The van der Waals surface area contributed by atoms with Crippen LogP contribution in [0.2, 0.25) is 0 Å². The molecule has 0 unspecified atom stereocenters. The Morgan fingerprint density at radius 3 is 1.73 bits per heavy atom. The molecular weight excluding hydrogens is 512 g/mol. The fourth-order valence-corrected chi connectivity index (χ4v) is 3.02. The minimum Gasteiger partial charge on any atom is -0.494 e. The first-order valence-corrected chi connectivity index (χ1v) is 12.5. The van der Waals surface area contributed by atoms with Crippen LogP contribution in [-0.2, 0) is 23.9 Å². The molecule has 0 aliphatic heterocycles. The highest BCUT2D eigenvalue weighted by molar-refractivity contribution is 6.06. The van der Waals surface area contributed by atoms with Gasteiger partial charge in [-0.05, 0) is 75.2 Å². The van der Waals surface area contributed by atoms with E-state index in [0.29, 0.717) is 29.1 Å². The van der Waals surface area contributed by atoms with Gasteiger partial charge in [0.25, 0.3) is 0 Å². The van der Waals surface area contributed by atoms with Gasteiger partial charge >= 0.3 is 17.9 Å². The number of allylic oxidation sites excluding steroid dienone is 1. The minimum atomic E-state index is -0.521. The average molecular weight is 547 g/mol. The summed E-state index contributed by atoms with van der Waals surface area (Å²) in [7, 11) is 0. The van der Waals surface area contributed by atoms with E-state index in [1.54, 1.807) is 75.4 Å². The number of carbonyl (C=O) groups is 4. The summed E-state index contributed by atoms with van der Waals surface area (Å²) in [6.07, 6.45) is 3.56. The molecule has 0 aliphatic rings. The van der Waals surface area contributed by atoms with E-state index in [0.717, 1.165) is 5.56 Å². The summed E-state index contributed by atoms with van der Waals surface area (Å²) < 4.78 is 21.4. The van der Waals surface area contributed by atoms with Crippen molar-refractivity contribution in [2.45, 2.75) is 27.2 Å². The topological polar surface area (TPSA) is 105 Å². The van der Waals surface area contributed by atoms with E-state index < -0.39 is 17.9 Å². The summed E-state index contributed by atoms with van der Waals surface area (Å²) in [5.74, 6) is -1.08. The van der Waals surface area contributed by atoms with Gasteiger partial charge in [-0.15, -0.1) is 0 Å². The van der Waals surface area contributed by atoms with E-state index in [2.05, 4.69) is 19.7 Å². The van der Waals surface area contributed by atoms with Gasteiger partial charge in [0.05, 0.1) is 19.8 Å². The van der Waals surface area contributed by atoms with Crippen LogP contribution < -0.4 is 9.47 Å². The van der Waals surface area contributed by atoms with Crippen LogP contribution in [0.1, 0.15) is 43.1 Å². The van der Waals surface area contributed by atoms with Crippen LogP contribution in [0.5, 0.6) is 11.5 Å². The highest BCUT2D eigenvalue weighted by Crippen LogP contribution is 2.17. The molecular formula is C32H34O8. The molecule has 0 aliphatic carbocycles. The van der Waals surface area contributed by atoms with Gasteiger partial charge in [0.1, 0.15) is 11.5 Å². The van der Waals surface area contributed by atoms with Crippen molar-refractivity contribution in [2.24, 2.45) is 5.92 Å². The van der Waals surface area contributed by atoms with Gasteiger partial charge in [-0.2, -0.15) is 0 Å². The summed E-state index contributed by atoms with van der Waals surface area (Å²) in [4.78, 5) is 47.7. The lowest BCUT2D eigenvalue weighted by atomic mass is 10.1. The molecule has 0 spiro atoms. The Balaban J connectivity index is 1.89. The molecule has 0 radical (unpaired) electrons. The summed E-state index contributed by atoms with van der Waals surface area (Å²) in [5.41, 5.74) is 2.10. The molecule has 2 aromatic carbocycles. The first kappa shape index (κ1) is 31.5. The first-order chi connectivity index (χ1) is 19.0. The predicted molar refractivity (Wildman–Crippen MR) is 152 cm³/mol. The molecule has 40 heavy (non-hydrogen) atoms. The van der Waals surface area contributed by atoms with Gasteiger partial charge in [0.2, 0.25) is 0 Å². The average Bonchev–Trinajstić information content (AvgIpc) is 2.93. The Hall–Kier alpha value is -4.72. The number of rotatable bonds is 15. The Bertz CT molecular complexity index is 1250. The molecule has 0 aromatic heterocycles. The Morgan fingerprint density at radius 1 is 0.725 bits per heavy atom. The lowest BCUT2D eigenvalue weighted by Crippen LogP contribution is -2.23. The molecule has 0 saturated carbocycles. The molecule has 0 amide bonds. The maximum absolute atomic E-state index is 12.6. The molecule has 0 fully saturated rings. The van der Waals surface area contributed by atoms with E-state index in [4.69, 9.17) is 18.9 Å². The van der Waals surface area contributed by atoms with Crippen molar-refractivity contribution in [2.75, 3.05) is 19.8 Å². The second-order valence-corrected chi connectivity index (χ2v) is 9.22. The van der Waals surface area contributed by atoms with E-state index in [1.165, 1.54) is 6.08 Å². The van der Waals surface area contributed by atoms with Gasteiger partial charge in [-0.1, -0.05) is 37.9 Å². The van der Waals surface area contributed by atoms with Crippen molar-refractivity contribution < 1.29 is 38.1 Å². The van der Waals surface area contributed by atoms with Crippen LogP contribution in [-0.4, -0.2) is 43.5 Å². The van der Waals surface area contributed by atoms with E-state index >= 15 is 0 Å². The third kappa shape index (κ3) is 10.9. The molecule has 0 heterocycles. The molecule has 210 valence electrons. The fourth-order valence-electron chi connectivity index (χ4n) is 3.02. The highest BCUT2D eigenvalue weighted by Gasteiger charge is 2.16. The van der Waals surface area contributed by atoms with Crippen LogP contribution in [0.4, 0.5) is 0 Å². The minimum absolute atomic E-state index is 0.0423. The van der Waals surface area contributed by atoms with Crippen molar-refractivity contribution in [3.8, 4) is 11.5 Å². The standard InChI is InChI=1S/C32H34O8/c1-21(2)30(34)38-19-25(20-39-31(35)22(3)4)17-18-37-27-14-10-26(11-15-27)29(33)16-9-24-7-12-28(13-8-24)40-32(36)23(5)6/h7-16,25H,1,3,5,17-20H2,2,4,6H3. The van der Waals surface area contributed by atoms with Crippen LogP contribution in [0.15, 0.2) is 91.1 Å². The molecule has 2 rings (SSSR count). The summed E-state index contributed by atoms with van der Waals surface area (Å²) >= 11 is 0.